The van der Waals surface area contributed by atoms with Crippen LogP contribution in [-0.2, 0) is 6.54 Å². The Morgan fingerprint density at radius 3 is 2.80 bits per heavy atom. The summed E-state index contributed by atoms with van der Waals surface area (Å²) >= 11 is 8.98. The summed E-state index contributed by atoms with van der Waals surface area (Å²) in [5, 5.41) is 12.5. The van der Waals surface area contributed by atoms with Crippen molar-refractivity contribution in [2.75, 3.05) is 32.1 Å². The van der Waals surface area contributed by atoms with Crippen molar-refractivity contribution < 1.29 is 0 Å². The van der Waals surface area contributed by atoms with Gasteiger partial charge in [-0.3, -0.25) is 0 Å². The second kappa shape index (κ2) is 7.04. The van der Waals surface area contributed by atoms with Crippen molar-refractivity contribution in [1.29, 1.82) is 5.26 Å². The van der Waals surface area contributed by atoms with Crippen LogP contribution in [0.2, 0.25) is 5.15 Å². The highest BCUT2D eigenvalue weighted by molar-refractivity contribution is 7.11. The topological polar surface area (TPSA) is 43.2 Å². The Morgan fingerprint density at radius 2 is 2.20 bits per heavy atom. The van der Waals surface area contributed by atoms with Crippen LogP contribution in [0.5, 0.6) is 0 Å². The zero-order valence-corrected chi connectivity index (χ0v) is 13.7. The van der Waals surface area contributed by atoms with E-state index in [0.717, 1.165) is 24.6 Å². The molecule has 0 N–H and O–H groups in total. The monoisotopic (exact) mass is 326 g/mol. The van der Waals surface area contributed by atoms with Crippen LogP contribution in [0, 0.1) is 11.3 Å². The van der Waals surface area contributed by atoms with Crippen molar-refractivity contribution in [2.45, 2.75) is 6.54 Å². The Balaban J connectivity index is 2.23. The van der Waals surface area contributed by atoms with Crippen LogP contribution in [-0.4, -0.2) is 36.5 Å². The van der Waals surface area contributed by atoms with Crippen molar-refractivity contribution in [2.24, 2.45) is 0 Å². The van der Waals surface area contributed by atoms with Gasteiger partial charge in [0.1, 0.15) is 16.6 Å². The Hall–Kier alpha value is -1.13. The van der Waals surface area contributed by atoms with Crippen LogP contribution >= 0.6 is 34.5 Å². The van der Waals surface area contributed by atoms with E-state index in [-0.39, 0.29) is 0 Å². The van der Waals surface area contributed by atoms with Gasteiger partial charge in [-0.1, -0.05) is 17.7 Å². The predicted molar refractivity (Wildman–Crippen MR) is 85.8 cm³/mol. The Morgan fingerprint density at radius 1 is 1.40 bits per heavy atom. The number of halogens is 1. The van der Waals surface area contributed by atoms with Gasteiger partial charge in [-0.2, -0.15) is 9.64 Å². The van der Waals surface area contributed by atoms with Crippen LogP contribution in [0.15, 0.2) is 17.5 Å². The maximum absolute atomic E-state index is 9.24. The Bertz CT molecular complexity index is 586. The summed E-state index contributed by atoms with van der Waals surface area (Å²) in [5.41, 5.74) is 0.479. The highest BCUT2D eigenvalue weighted by Crippen LogP contribution is 2.32. The summed E-state index contributed by atoms with van der Waals surface area (Å²) in [6, 6.07) is 6.29. The third-order valence-electron chi connectivity index (χ3n) is 2.78. The van der Waals surface area contributed by atoms with E-state index in [2.05, 4.69) is 31.7 Å². The maximum Gasteiger partial charge on any atom is 0.162 e. The van der Waals surface area contributed by atoms with Crippen LogP contribution in [0.25, 0.3) is 0 Å². The van der Waals surface area contributed by atoms with E-state index in [1.54, 1.807) is 11.3 Å². The molecule has 0 radical (unpaired) electrons. The van der Waals surface area contributed by atoms with Crippen molar-refractivity contribution >= 4 is 39.5 Å². The molecule has 0 atom stereocenters. The fraction of sp³-hybridized carbons (Fsp3) is 0.385. The molecule has 20 heavy (non-hydrogen) atoms. The lowest BCUT2D eigenvalue weighted by Crippen LogP contribution is -2.31. The molecule has 2 aromatic heterocycles. The number of thiophene rings is 1. The zero-order chi connectivity index (χ0) is 14.5. The molecule has 0 fully saturated rings. The lowest BCUT2D eigenvalue weighted by atomic mass is 10.3. The first-order valence-electron chi connectivity index (χ1n) is 6.09. The van der Waals surface area contributed by atoms with Gasteiger partial charge in [-0.25, -0.2) is 0 Å². The number of aromatic nitrogens is 1. The normalized spacial score (nSPS) is 10.8. The molecule has 0 aliphatic heterocycles. The van der Waals surface area contributed by atoms with E-state index in [1.807, 2.05) is 20.2 Å². The standard InChI is InChI=1S/C13H15ClN4S2/c1-17(2)5-6-18(9-10-4-3-7-19-10)13-11(8-15)12(14)16-20-13/h3-4,7H,5-6,9H2,1-2H3. The summed E-state index contributed by atoms with van der Waals surface area (Å²) in [5.74, 6) is 0. The largest absolute Gasteiger partial charge is 0.355 e. The number of hydrogen-bond donors (Lipinski definition) is 0. The minimum absolute atomic E-state index is 0.300. The van der Waals surface area contributed by atoms with Gasteiger partial charge in [0, 0.05) is 18.0 Å². The van der Waals surface area contributed by atoms with Crippen molar-refractivity contribution in [3.8, 4) is 6.07 Å². The first-order valence-corrected chi connectivity index (χ1v) is 8.12. The van der Waals surface area contributed by atoms with E-state index in [9.17, 15) is 5.26 Å². The highest BCUT2D eigenvalue weighted by Gasteiger charge is 2.19. The highest BCUT2D eigenvalue weighted by atomic mass is 35.5. The molecule has 106 valence electrons. The van der Waals surface area contributed by atoms with Gasteiger partial charge in [-0.15, -0.1) is 11.3 Å². The third-order valence-corrected chi connectivity index (χ3v) is 4.92. The molecule has 0 aromatic carbocycles. The molecule has 0 unspecified atom stereocenters. The van der Waals surface area contributed by atoms with Gasteiger partial charge in [0.15, 0.2) is 5.15 Å². The number of hydrogen-bond acceptors (Lipinski definition) is 6. The zero-order valence-electron chi connectivity index (χ0n) is 11.3. The number of rotatable bonds is 6. The molecule has 4 nitrogen and oxygen atoms in total. The average molecular weight is 327 g/mol. The van der Waals surface area contributed by atoms with E-state index < -0.39 is 0 Å². The quantitative estimate of drug-likeness (QED) is 0.817. The SMILES string of the molecule is CN(C)CCN(Cc1cccs1)c1snc(Cl)c1C#N. The maximum atomic E-state index is 9.24. The van der Waals surface area contributed by atoms with Gasteiger partial charge in [0.25, 0.3) is 0 Å². The van der Waals surface area contributed by atoms with Crippen molar-refractivity contribution in [3.05, 3.63) is 33.1 Å². The van der Waals surface area contributed by atoms with E-state index in [1.165, 1.54) is 16.4 Å². The second-order valence-corrected chi connectivity index (χ2v) is 6.71. The summed E-state index contributed by atoms with van der Waals surface area (Å²) in [7, 11) is 4.07. The molecule has 7 heteroatoms. The molecule has 2 aromatic rings. The minimum atomic E-state index is 0.300. The summed E-state index contributed by atoms with van der Waals surface area (Å²) in [6.45, 7) is 2.52. The number of nitrogens with zero attached hydrogens (tertiary/aromatic N) is 4. The van der Waals surface area contributed by atoms with E-state index in [4.69, 9.17) is 11.6 Å². The Labute approximate surface area is 132 Å². The van der Waals surface area contributed by atoms with Gasteiger partial charge in [0.05, 0.1) is 6.54 Å². The smallest absolute Gasteiger partial charge is 0.162 e. The van der Waals surface area contributed by atoms with Crippen LogP contribution in [0.3, 0.4) is 0 Å². The summed E-state index contributed by atoms with van der Waals surface area (Å²) in [4.78, 5) is 5.56. The molecule has 0 amide bonds. The van der Waals surface area contributed by atoms with Crippen LogP contribution in [0.4, 0.5) is 5.00 Å². The number of likely N-dealkylation sites (N-methyl/N-ethyl adjacent to an activating group) is 1. The van der Waals surface area contributed by atoms with Crippen LogP contribution < -0.4 is 4.90 Å². The summed E-state index contributed by atoms with van der Waals surface area (Å²) in [6.07, 6.45) is 0. The van der Waals surface area contributed by atoms with E-state index >= 15 is 0 Å². The fourth-order valence-corrected chi connectivity index (χ4v) is 3.51. The van der Waals surface area contributed by atoms with Gasteiger partial charge < -0.3 is 9.80 Å². The molecule has 0 saturated heterocycles. The predicted octanol–water partition coefficient (Wildman–Crippen LogP) is 3.30. The van der Waals surface area contributed by atoms with Gasteiger partial charge in [0.2, 0.25) is 0 Å². The van der Waals surface area contributed by atoms with Gasteiger partial charge in [-0.05, 0) is 37.1 Å². The van der Waals surface area contributed by atoms with Crippen LogP contribution in [0.1, 0.15) is 10.4 Å². The molecular weight excluding hydrogens is 312 g/mol. The molecule has 0 spiro atoms. The minimum Gasteiger partial charge on any atom is -0.355 e. The lowest BCUT2D eigenvalue weighted by molar-refractivity contribution is 0.413. The van der Waals surface area contributed by atoms with Crippen molar-refractivity contribution in [1.82, 2.24) is 9.27 Å². The third kappa shape index (κ3) is 3.70. The average Bonchev–Trinajstić information content (AvgIpc) is 3.03. The molecule has 0 bridgehead atoms. The first kappa shape index (κ1) is 15.3. The second-order valence-electron chi connectivity index (χ2n) is 4.57. The molecular formula is C13H15ClN4S2. The Kier molecular flexibility index (Phi) is 5.38. The van der Waals surface area contributed by atoms with E-state index in [0.29, 0.717) is 10.7 Å². The molecule has 2 heterocycles. The fourth-order valence-electron chi connectivity index (χ4n) is 1.74. The van der Waals surface area contributed by atoms with Crippen molar-refractivity contribution in [3.63, 3.8) is 0 Å². The van der Waals surface area contributed by atoms with Gasteiger partial charge >= 0.3 is 0 Å². The number of nitriles is 1. The summed E-state index contributed by atoms with van der Waals surface area (Å²) < 4.78 is 4.10. The molecule has 2 rings (SSSR count). The first-order chi connectivity index (χ1) is 9.61. The molecule has 0 aliphatic rings. The number of anilines is 1. The lowest BCUT2D eigenvalue weighted by Gasteiger charge is -2.24. The molecule has 0 aliphatic carbocycles. The molecule has 0 saturated carbocycles.